The molecule has 0 unspecified atom stereocenters. The Morgan fingerprint density at radius 3 is 2.78 bits per heavy atom. The Kier molecular flexibility index (Phi) is 3.72. The van der Waals surface area contributed by atoms with Gasteiger partial charge < -0.3 is 19.5 Å². The number of β-amino-alcohol motifs (C(OH)–C–C–N with tert-alkyl or cyclic N) is 1. The number of hydrogen-bond acceptors (Lipinski definition) is 6. The van der Waals surface area contributed by atoms with Crippen LogP contribution >= 0.6 is 0 Å². The smallest absolute Gasteiger partial charge is 0.231 e. The van der Waals surface area contributed by atoms with E-state index in [2.05, 4.69) is 15.0 Å². The normalized spacial score (nSPS) is 21.8. The van der Waals surface area contributed by atoms with Gasteiger partial charge >= 0.3 is 0 Å². The lowest BCUT2D eigenvalue weighted by atomic mass is 9.87. The van der Waals surface area contributed by atoms with Gasteiger partial charge in [-0.15, -0.1) is 0 Å². The number of piperidine rings is 1. The van der Waals surface area contributed by atoms with E-state index in [9.17, 15) is 5.11 Å². The first-order valence-electron chi connectivity index (χ1n) is 9.25. The van der Waals surface area contributed by atoms with Crippen molar-refractivity contribution in [3.05, 3.63) is 47.3 Å². The van der Waals surface area contributed by atoms with E-state index >= 15 is 0 Å². The third-order valence-corrected chi connectivity index (χ3v) is 5.39. The lowest BCUT2D eigenvalue weighted by Crippen LogP contribution is -2.43. The van der Waals surface area contributed by atoms with Crippen LogP contribution < -0.4 is 14.4 Å². The molecule has 0 aliphatic carbocycles. The van der Waals surface area contributed by atoms with Crippen LogP contribution in [0.25, 0.3) is 5.65 Å². The van der Waals surface area contributed by atoms with E-state index in [1.165, 1.54) is 0 Å². The van der Waals surface area contributed by atoms with Crippen LogP contribution in [-0.2, 0) is 0 Å². The molecule has 2 aliphatic rings. The van der Waals surface area contributed by atoms with Crippen LogP contribution in [0.1, 0.15) is 29.3 Å². The van der Waals surface area contributed by atoms with E-state index in [-0.39, 0.29) is 12.7 Å². The highest BCUT2D eigenvalue weighted by atomic mass is 16.7. The summed E-state index contributed by atoms with van der Waals surface area (Å²) < 4.78 is 12.7. The van der Waals surface area contributed by atoms with Crippen molar-refractivity contribution in [3.8, 4) is 11.5 Å². The van der Waals surface area contributed by atoms with Gasteiger partial charge in [-0.05, 0) is 38.0 Å². The van der Waals surface area contributed by atoms with Crippen LogP contribution in [0.15, 0.2) is 30.3 Å². The van der Waals surface area contributed by atoms with E-state index in [4.69, 9.17) is 9.47 Å². The highest BCUT2D eigenvalue weighted by Crippen LogP contribution is 2.38. The zero-order chi connectivity index (χ0) is 18.5. The first-order valence-corrected chi connectivity index (χ1v) is 9.25. The lowest BCUT2D eigenvalue weighted by Gasteiger charge is -2.37. The molecule has 7 nitrogen and oxygen atoms in total. The first kappa shape index (κ1) is 16.4. The summed E-state index contributed by atoms with van der Waals surface area (Å²) in [5, 5.41) is 15.5. The summed E-state index contributed by atoms with van der Waals surface area (Å²) in [7, 11) is 0. The number of anilines is 1. The zero-order valence-electron chi connectivity index (χ0n) is 15.4. The summed E-state index contributed by atoms with van der Waals surface area (Å²) in [5.74, 6) is 2.59. The largest absolute Gasteiger partial charge is 0.454 e. The molecule has 2 aliphatic heterocycles. The van der Waals surface area contributed by atoms with E-state index in [0.717, 1.165) is 52.9 Å². The Hall–Kier alpha value is -2.80. The van der Waals surface area contributed by atoms with Crippen LogP contribution in [0.4, 0.5) is 5.82 Å². The molecule has 2 aromatic heterocycles. The Labute approximate surface area is 157 Å². The molecule has 1 saturated heterocycles. The highest BCUT2D eigenvalue weighted by Gasteiger charge is 2.31. The maximum atomic E-state index is 10.9. The predicted molar refractivity (Wildman–Crippen MR) is 101 cm³/mol. The molecule has 27 heavy (non-hydrogen) atoms. The van der Waals surface area contributed by atoms with E-state index in [1.807, 2.05) is 48.7 Å². The number of aliphatic hydroxyl groups is 1. The molecule has 0 spiro atoms. The monoisotopic (exact) mass is 366 g/mol. The highest BCUT2D eigenvalue weighted by molar-refractivity contribution is 5.53. The minimum Gasteiger partial charge on any atom is -0.454 e. The van der Waals surface area contributed by atoms with Crippen molar-refractivity contribution in [1.82, 2.24) is 14.6 Å². The molecule has 0 radical (unpaired) electrons. The number of aryl methyl sites for hydroxylation is 2. The number of ether oxygens (including phenoxy) is 2. The van der Waals surface area contributed by atoms with Crippen molar-refractivity contribution in [1.29, 1.82) is 0 Å². The van der Waals surface area contributed by atoms with E-state index in [1.54, 1.807) is 0 Å². The molecule has 7 heteroatoms. The van der Waals surface area contributed by atoms with Crippen molar-refractivity contribution in [2.75, 3.05) is 24.8 Å². The van der Waals surface area contributed by atoms with Crippen LogP contribution in [0, 0.1) is 13.8 Å². The number of fused-ring (bicyclic) bond motifs is 2. The van der Waals surface area contributed by atoms with Gasteiger partial charge in [0.1, 0.15) is 5.82 Å². The second-order valence-electron chi connectivity index (χ2n) is 7.33. The molecule has 0 amide bonds. The molecule has 1 aromatic carbocycles. The average Bonchev–Trinajstić information content (AvgIpc) is 3.25. The SMILES string of the molecule is Cc1cc(N2CC[C@H](c3ccc4c(c3)OCO4)[C@@H](O)C2)n2nc(C)cc2n1. The number of aliphatic hydroxyl groups excluding tert-OH is 1. The number of aromatic nitrogens is 3. The van der Waals surface area contributed by atoms with Crippen molar-refractivity contribution in [2.45, 2.75) is 32.3 Å². The van der Waals surface area contributed by atoms with Gasteiger partial charge in [0, 0.05) is 36.8 Å². The fraction of sp³-hybridized carbons (Fsp3) is 0.400. The predicted octanol–water partition coefficient (Wildman–Crippen LogP) is 2.43. The molecule has 140 valence electrons. The van der Waals surface area contributed by atoms with Crippen molar-refractivity contribution in [2.24, 2.45) is 0 Å². The minimum atomic E-state index is -0.473. The third-order valence-electron chi connectivity index (χ3n) is 5.39. The van der Waals surface area contributed by atoms with Gasteiger partial charge in [-0.3, -0.25) is 0 Å². The molecular formula is C20H22N4O3. The number of rotatable bonds is 2. The molecule has 0 bridgehead atoms. The van der Waals surface area contributed by atoms with Crippen LogP contribution in [0.3, 0.4) is 0 Å². The van der Waals surface area contributed by atoms with Gasteiger partial charge in [0.25, 0.3) is 0 Å². The van der Waals surface area contributed by atoms with Gasteiger partial charge in [-0.25, -0.2) is 4.98 Å². The molecule has 0 saturated carbocycles. The maximum Gasteiger partial charge on any atom is 0.231 e. The Morgan fingerprint density at radius 1 is 1.07 bits per heavy atom. The van der Waals surface area contributed by atoms with Gasteiger partial charge in [0.05, 0.1) is 11.8 Å². The maximum absolute atomic E-state index is 10.9. The van der Waals surface area contributed by atoms with Crippen molar-refractivity contribution < 1.29 is 14.6 Å². The molecular weight excluding hydrogens is 344 g/mol. The Balaban J connectivity index is 1.42. The molecule has 5 rings (SSSR count). The Bertz CT molecular complexity index is 1020. The quantitative estimate of drug-likeness (QED) is 0.751. The molecule has 3 aromatic rings. The van der Waals surface area contributed by atoms with Crippen LogP contribution in [-0.4, -0.2) is 45.7 Å². The van der Waals surface area contributed by atoms with Crippen LogP contribution in [0.5, 0.6) is 11.5 Å². The molecule has 1 N–H and O–H groups in total. The first-order chi connectivity index (χ1) is 13.1. The standard InChI is InChI=1S/C20H22N4O3/c1-12-8-20(24-19(21-12)7-13(2)22-24)23-6-5-15(16(25)10-23)14-3-4-17-18(9-14)27-11-26-17/h3-4,7-9,15-16,25H,5-6,10-11H2,1-2H3/t15-,16+/m1/s1. The van der Waals surface area contributed by atoms with Crippen LogP contribution in [0.2, 0.25) is 0 Å². The average molecular weight is 366 g/mol. The fourth-order valence-electron chi connectivity index (χ4n) is 4.09. The van der Waals surface area contributed by atoms with E-state index < -0.39 is 6.10 Å². The third kappa shape index (κ3) is 2.78. The van der Waals surface area contributed by atoms with Gasteiger partial charge in [0.15, 0.2) is 17.1 Å². The summed E-state index contributed by atoms with van der Waals surface area (Å²) in [6.07, 6.45) is 0.378. The van der Waals surface area contributed by atoms with Crippen molar-refractivity contribution in [3.63, 3.8) is 0 Å². The summed E-state index contributed by atoms with van der Waals surface area (Å²) in [4.78, 5) is 6.75. The second kappa shape index (κ2) is 6.13. The zero-order valence-corrected chi connectivity index (χ0v) is 15.4. The van der Waals surface area contributed by atoms with E-state index in [0.29, 0.717) is 6.54 Å². The fourth-order valence-corrected chi connectivity index (χ4v) is 4.09. The second-order valence-corrected chi connectivity index (χ2v) is 7.33. The lowest BCUT2D eigenvalue weighted by molar-refractivity contribution is 0.129. The summed E-state index contributed by atoms with van der Waals surface area (Å²) in [6.45, 7) is 5.61. The molecule has 2 atom stereocenters. The number of hydrogen-bond donors (Lipinski definition) is 1. The topological polar surface area (TPSA) is 72.1 Å². The minimum absolute atomic E-state index is 0.0773. The summed E-state index contributed by atoms with van der Waals surface area (Å²) >= 11 is 0. The summed E-state index contributed by atoms with van der Waals surface area (Å²) in [5.41, 5.74) is 3.82. The van der Waals surface area contributed by atoms with Crippen molar-refractivity contribution >= 4 is 11.5 Å². The Morgan fingerprint density at radius 2 is 1.93 bits per heavy atom. The van der Waals surface area contributed by atoms with Gasteiger partial charge in [-0.1, -0.05) is 6.07 Å². The van der Waals surface area contributed by atoms with Gasteiger partial charge in [-0.2, -0.15) is 9.61 Å². The number of nitrogens with zero attached hydrogens (tertiary/aromatic N) is 4. The molecule has 1 fully saturated rings. The molecule has 4 heterocycles. The van der Waals surface area contributed by atoms with Gasteiger partial charge in [0.2, 0.25) is 6.79 Å². The number of benzene rings is 1. The summed E-state index contributed by atoms with van der Waals surface area (Å²) in [6, 6.07) is 9.97.